The molecule has 0 unspecified atom stereocenters. The number of nitrogens with one attached hydrogen (secondary N) is 1. The van der Waals surface area contributed by atoms with Crippen LogP contribution in [0.5, 0.6) is 0 Å². The van der Waals surface area contributed by atoms with E-state index in [1.54, 1.807) is 19.2 Å². The van der Waals surface area contributed by atoms with Crippen molar-refractivity contribution in [3.8, 4) is 6.07 Å². The van der Waals surface area contributed by atoms with Gasteiger partial charge in [-0.1, -0.05) is 13.8 Å². The fraction of sp³-hybridized carbons (Fsp3) is 0.500. The lowest BCUT2D eigenvalue weighted by molar-refractivity contribution is 0.157. The van der Waals surface area contributed by atoms with E-state index in [0.717, 1.165) is 6.42 Å². The Bertz CT molecular complexity index is 483. The third kappa shape index (κ3) is 4.48. The smallest absolute Gasteiger partial charge is 0.161 e. The highest BCUT2D eigenvalue weighted by atomic mass is 79.9. The molecule has 1 N–H and O–H groups in total. The zero-order valence-corrected chi connectivity index (χ0v) is 13.0. The number of benzene rings is 1. The Kier molecular flexibility index (Phi) is 5.77. The Balaban J connectivity index is 2.74. The van der Waals surface area contributed by atoms with Crippen molar-refractivity contribution in [3.05, 3.63) is 28.0 Å². The topological polar surface area (TPSA) is 45.0 Å². The van der Waals surface area contributed by atoms with Crippen molar-refractivity contribution in [1.82, 2.24) is 0 Å². The quantitative estimate of drug-likeness (QED) is 0.860. The molecule has 5 heteroatoms. The molecule has 0 saturated carbocycles. The number of ether oxygens (including phenoxy) is 1. The number of halogens is 2. The minimum absolute atomic E-state index is 0.00280. The summed E-state index contributed by atoms with van der Waals surface area (Å²) in [7, 11) is 1.67. The van der Waals surface area contributed by atoms with Gasteiger partial charge in [-0.3, -0.25) is 0 Å². The molecule has 0 amide bonds. The Morgan fingerprint density at radius 3 is 2.74 bits per heavy atom. The average molecular weight is 329 g/mol. The van der Waals surface area contributed by atoms with Crippen LogP contribution in [-0.4, -0.2) is 20.3 Å². The maximum atomic E-state index is 14.0. The third-order valence-electron chi connectivity index (χ3n) is 2.94. The molecule has 0 radical (unpaired) electrons. The van der Waals surface area contributed by atoms with Gasteiger partial charge in [-0.25, -0.2) is 4.39 Å². The maximum Gasteiger partial charge on any atom is 0.161 e. The van der Waals surface area contributed by atoms with Gasteiger partial charge < -0.3 is 10.1 Å². The highest BCUT2D eigenvalue weighted by Gasteiger charge is 2.19. The van der Waals surface area contributed by atoms with Gasteiger partial charge in [0.05, 0.1) is 15.7 Å². The molecule has 1 aromatic carbocycles. The predicted octanol–water partition coefficient (Wildman–Crippen LogP) is 3.93. The molecule has 0 fully saturated rings. The van der Waals surface area contributed by atoms with Gasteiger partial charge in [0, 0.05) is 20.3 Å². The molecule has 0 bridgehead atoms. The number of methoxy groups -OCH3 is 1. The SMILES string of the molecule is COCCC(C)(C)CNc1ccc(C#N)c(Br)c1F. The van der Waals surface area contributed by atoms with Crippen LogP contribution in [0.15, 0.2) is 16.6 Å². The van der Waals surface area contributed by atoms with Crippen LogP contribution in [0.2, 0.25) is 0 Å². The Labute approximate surface area is 121 Å². The van der Waals surface area contributed by atoms with Crippen LogP contribution < -0.4 is 5.32 Å². The molecular weight excluding hydrogens is 311 g/mol. The zero-order valence-electron chi connectivity index (χ0n) is 11.4. The fourth-order valence-corrected chi connectivity index (χ4v) is 2.01. The first-order valence-corrected chi connectivity index (χ1v) is 6.81. The summed E-state index contributed by atoms with van der Waals surface area (Å²) in [5, 5.41) is 11.9. The van der Waals surface area contributed by atoms with Gasteiger partial charge in [0.2, 0.25) is 0 Å². The van der Waals surface area contributed by atoms with E-state index >= 15 is 0 Å². The predicted molar refractivity (Wildman–Crippen MR) is 77.6 cm³/mol. The molecule has 0 atom stereocenters. The van der Waals surface area contributed by atoms with Crippen LogP contribution in [0.4, 0.5) is 10.1 Å². The Morgan fingerprint density at radius 1 is 1.47 bits per heavy atom. The number of nitrogens with zero attached hydrogens (tertiary/aromatic N) is 1. The summed E-state index contributed by atoms with van der Waals surface area (Å²) < 4.78 is 19.3. The zero-order chi connectivity index (χ0) is 14.5. The Hall–Kier alpha value is -1.12. The van der Waals surface area contributed by atoms with Crippen molar-refractivity contribution < 1.29 is 9.13 Å². The van der Waals surface area contributed by atoms with Crippen molar-refractivity contribution in [2.45, 2.75) is 20.3 Å². The van der Waals surface area contributed by atoms with Crippen LogP contribution in [0.25, 0.3) is 0 Å². The van der Waals surface area contributed by atoms with E-state index in [0.29, 0.717) is 24.4 Å². The third-order valence-corrected chi connectivity index (χ3v) is 3.72. The van der Waals surface area contributed by atoms with Crippen molar-refractivity contribution in [2.75, 3.05) is 25.6 Å². The molecule has 1 rings (SSSR count). The maximum absolute atomic E-state index is 14.0. The van der Waals surface area contributed by atoms with Crippen molar-refractivity contribution in [1.29, 1.82) is 5.26 Å². The lowest BCUT2D eigenvalue weighted by Crippen LogP contribution is -2.25. The van der Waals surface area contributed by atoms with Gasteiger partial charge in [-0.2, -0.15) is 5.26 Å². The van der Waals surface area contributed by atoms with E-state index in [2.05, 4.69) is 35.1 Å². The van der Waals surface area contributed by atoms with Crippen LogP contribution in [0.1, 0.15) is 25.8 Å². The number of hydrogen-bond donors (Lipinski definition) is 1. The van der Waals surface area contributed by atoms with Crippen molar-refractivity contribution in [2.24, 2.45) is 5.41 Å². The largest absolute Gasteiger partial charge is 0.385 e. The first kappa shape index (κ1) is 15.9. The minimum atomic E-state index is -0.429. The molecule has 0 aliphatic rings. The summed E-state index contributed by atoms with van der Waals surface area (Å²) in [6, 6.07) is 5.12. The summed E-state index contributed by atoms with van der Waals surface area (Å²) in [6.45, 7) is 5.49. The Morgan fingerprint density at radius 2 is 2.16 bits per heavy atom. The van der Waals surface area contributed by atoms with Crippen LogP contribution in [0.3, 0.4) is 0 Å². The molecule has 1 aromatic rings. The van der Waals surface area contributed by atoms with Gasteiger partial charge in [0.25, 0.3) is 0 Å². The molecule has 0 aliphatic heterocycles. The summed E-state index contributed by atoms with van der Waals surface area (Å²) in [5.41, 5.74) is 0.695. The van der Waals surface area contributed by atoms with E-state index in [9.17, 15) is 4.39 Å². The lowest BCUT2D eigenvalue weighted by Gasteiger charge is -2.25. The monoisotopic (exact) mass is 328 g/mol. The standard InChI is InChI=1S/C14H18BrFN2O/c1-14(2,6-7-19-3)9-18-11-5-4-10(8-17)12(15)13(11)16/h4-5,18H,6-7,9H2,1-3H3. The number of nitriles is 1. The van der Waals surface area contributed by atoms with Crippen molar-refractivity contribution in [3.63, 3.8) is 0 Å². The van der Waals surface area contributed by atoms with Crippen LogP contribution >= 0.6 is 15.9 Å². The summed E-state index contributed by atoms with van der Waals surface area (Å²) in [5.74, 6) is -0.429. The van der Waals surface area contributed by atoms with Crippen LogP contribution in [0, 0.1) is 22.6 Å². The second-order valence-electron chi connectivity index (χ2n) is 5.16. The van der Waals surface area contributed by atoms with Gasteiger partial charge in [-0.05, 0) is 39.9 Å². The van der Waals surface area contributed by atoms with E-state index < -0.39 is 5.82 Å². The number of hydrogen-bond acceptors (Lipinski definition) is 3. The molecule has 3 nitrogen and oxygen atoms in total. The van der Waals surface area contributed by atoms with Gasteiger partial charge in [-0.15, -0.1) is 0 Å². The van der Waals surface area contributed by atoms with Gasteiger partial charge >= 0.3 is 0 Å². The van der Waals surface area contributed by atoms with E-state index in [4.69, 9.17) is 10.00 Å². The van der Waals surface area contributed by atoms with Crippen molar-refractivity contribution >= 4 is 21.6 Å². The first-order valence-electron chi connectivity index (χ1n) is 6.02. The normalized spacial score (nSPS) is 11.2. The first-order chi connectivity index (χ1) is 8.91. The highest BCUT2D eigenvalue weighted by Crippen LogP contribution is 2.28. The number of rotatable bonds is 6. The van der Waals surface area contributed by atoms with Crippen LogP contribution in [-0.2, 0) is 4.74 Å². The second kappa shape index (κ2) is 6.88. The fourth-order valence-electron chi connectivity index (χ4n) is 1.57. The van der Waals surface area contributed by atoms with Gasteiger partial charge in [0.15, 0.2) is 5.82 Å². The number of anilines is 1. The average Bonchev–Trinajstić information content (AvgIpc) is 2.38. The molecule has 104 valence electrons. The molecular formula is C14H18BrFN2O. The summed E-state index contributed by atoms with van der Waals surface area (Å²) >= 11 is 3.10. The molecule has 19 heavy (non-hydrogen) atoms. The molecule has 0 spiro atoms. The van der Waals surface area contributed by atoms with E-state index in [1.807, 2.05) is 6.07 Å². The van der Waals surface area contributed by atoms with Gasteiger partial charge in [0.1, 0.15) is 6.07 Å². The minimum Gasteiger partial charge on any atom is -0.385 e. The summed E-state index contributed by atoms with van der Waals surface area (Å²) in [6.07, 6.45) is 0.884. The molecule has 0 saturated heterocycles. The highest BCUT2D eigenvalue weighted by molar-refractivity contribution is 9.10. The second-order valence-corrected chi connectivity index (χ2v) is 5.95. The molecule has 0 heterocycles. The molecule has 0 aliphatic carbocycles. The van der Waals surface area contributed by atoms with E-state index in [1.165, 1.54) is 0 Å². The van der Waals surface area contributed by atoms with E-state index in [-0.39, 0.29) is 9.89 Å². The summed E-state index contributed by atoms with van der Waals surface area (Å²) in [4.78, 5) is 0. The molecule has 0 aromatic heterocycles. The lowest BCUT2D eigenvalue weighted by atomic mass is 9.89.